The smallest absolute Gasteiger partial charge is 0.462 e. The summed E-state index contributed by atoms with van der Waals surface area (Å²) in [5.41, 5.74) is 0. The molecule has 0 rings (SSSR count). The Balaban J connectivity index is 5.23. The Morgan fingerprint density at radius 1 is 0.330 bits per heavy atom. The fraction of sp³-hybridized carbons (Fsp3) is 0.942. The van der Waals surface area contributed by atoms with Crippen LogP contribution in [0.2, 0.25) is 0 Å². The second-order valence-electron chi connectivity index (χ2n) is 26.1. The van der Waals surface area contributed by atoms with Crippen LogP contribution in [0.25, 0.3) is 0 Å². The highest BCUT2D eigenvalue weighted by Gasteiger charge is 2.30. The minimum Gasteiger partial charge on any atom is -0.462 e. The fourth-order valence-corrected chi connectivity index (χ4v) is 11.9. The molecule has 0 radical (unpaired) electrons. The van der Waals surface area contributed by atoms with Gasteiger partial charge in [0.15, 0.2) is 12.2 Å². The molecule has 0 aromatic carbocycles. The number of hydrogen-bond donors (Lipinski definition) is 3. The highest BCUT2D eigenvalue weighted by Crippen LogP contribution is 2.45. The number of phosphoric acid groups is 2. The number of rotatable bonds is 67. The third kappa shape index (κ3) is 61.6. The van der Waals surface area contributed by atoms with E-state index in [1.807, 2.05) is 0 Å². The van der Waals surface area contributed by atoms with Gasteiger partial charge in [-0.3, -0.25) is 37.3 Å². The molecule has 3 unspecified atom stereocenters. The van der Waals surface area contributed by atoms with Crippen LogP contribution in [0, 0.1) is 17.8 Å². The SMILES string of the molecule is CCCCCCCCCCCCC(=O)OC[C@H](COP(=O)(O)OC[C@H](O)COP(=O)(O)OC[C@@H](COC(=O)CCCCCCCCCCC(C)C)OC(=O)CCCCCCCCCCCCCCCCC(C)C)OC(=O)CCCCCCCCC(C)CC. The zero-order valence-corrected chi connectivity index (χ0v) is 59.0. The number of carbonyl (C=O) groups is 4. The fourth-order valence-electron chi connectivity index (χ4n) is 10.3. The topological polar surface area (TPSA) is 237 Å². The van der Waals surface area contributed by atoms with Crippen molar-refractivity contribution in [1.29, 1.82) is 0 Å². The minimum atomic E-state index is -4.95. The number of ether oxygens (including phenoxy) is 4. The summed E-state index contributed by atoms with van der Waals surface area (Å²) in [4.78, 5) is 72.4. The number of aliphatic hydroxyl groups is 1. The van der Waals surface area contributed by atoms with Crippen LogP contribution in [0.4, 0.5) is 0 Å². The van der Waals surface area contributed by atoms with E-state index in [0.717, 1.165) is 108 Å². The molecular formula is C69H134O17P2. The predicted molar refractivity (Wildman–Crippen MR) is 354 cm³/mol. The van der Waals surface area contributed by atoms with E-state index >= 15 is 0 Å². The summed E-state index contributed by atoms with van der Waals surface area (Å²) in [5.74, 6) is 0.111. The van der Waals surface area contributed by atoms with Crippen molar-refractivity contribution in [1.82, 2.24) is 0 Å². The van der Waals surface area contributed by atoms with Crippen LogP contribution < -0.4 is 0 Å². The predicted octanol–water partition coefficient (Wildman–Crippen LogP) is 19.5. The third-order valence-electron chi connectivity index (χ3n) is 16.2. The summed E-state index contributed by atoms with van der Waals surface area (Å²) >= 11 is 0. The van der Waals surface area contributed by atoms with Gasteiger partial charge in [0.1, 0.15) is 19.3 Å². The van der Waals surface area contributed by atoms with Crippen molar-refractivity contribution in [3.05, 3.63) is 0 Å². The van der Waals surface area contributed by atoms with Crippen LogP contribution in [0.3, 0.4) is 0 Å². The van der Waals surface area contributed by atoms with Crippen LogP contribution in [0.15, 0.2) is 0 Å². The van der Waals surface area contributed by atoms with Crippen LogP contribution in [-0.4, -0.2) is 96.7 Å². The van der Waals surface area contributed by atoms with E-state index in [2.05, 4.69) is 48.5 Å². The largest absolute Gasteiger partial charge is 0.472 e. The first-order chi connectivity index (χ1) is 42.3. The average molecular weight is 1300 g/mol. The van der Waals surface area contributed by atoms with Gasteiger partial charge in [-0.1, -0.05) is 292 Å². The second-order valence-corrected chi connectivity index (χ2v) is 29.0. The van der Waals surface area contributed by atoms with Gasteiger partial charge in [0.2, 0.25) is 0 Å². The van der Waals surface area contributed by atoms with Crippen LogP contribution in [-0.2, 0) is 65.4 Å². The lowest BCUT2D eigenvalue weighted by molar-refractivity contribution is -0.161. The molecule has 19 heteroatoms. The number of unbranched alkanes of at least 4 members (excludes halogenated alkanes) is 34. The van der Waals surface area contributed by atoms with E-state index in [9.17, 15) is 43.2 Å². The van der Waals surface area contributed by atoms with Gasteiger partial charge in [0, 0.05) is 25.7 Å². The molecule has 0 aromatic heterocycles. The Labute approximate surface area is 537 Å². The Kier molecular flexibility index (Phi) is 58.7. The van der Waals surface area contributed by atoms with Crippen molar-refractivity contribution in [3.8, 4) is 0 Å². The Morgan fingerprint density at radius 2 is 0.580 bits per heavy atom. The standard InChI is InChI=1S/C69H134O17P2/c1-8-10-11-12-13-14-22-28-36-43-50-66(71)79-57-65(86-69(74)53-46-39-32-31-35-42-49-62(7)9-2)59-84-88(77,78)82-55-63(70)54-81-87(75,76)83-58-64(56-80-67(72)51-44-37-29-25-24-27-34-41-48-61(5)6)85-68(73)52-45-38-30-23-20-18-16-15-17-19-21-26-33-40-47-60(3)4/h60-65,70H,8-59H2,1-7H3,(H,75,76)(H,77,78)/t62?,63-,64-,65-/m1/s1. The molecule has 6 atom stereocenters. The van der Waals surface area contributed by atoms with Gasteiger partial charge >= 0.3 is 39.5 Å². The maximum Gasteiger partial charge on any atom is 0.472 e. The normalized spacial score (nSPS) is 14.5. The molecule has 522 valence electrons. The van der Waals surface area contributed by atoms with Crippen molar-refractivity contribution >= 4 is 39.5 Å². The van der Waals surface area contributed by atoms with E-state index in [-0.39, 0.29) is 25.7 Å². The quantitative estimate of drug-likeness (QED) is 0.0222. The van der Waals surface area contributed by atoms with E-state index in [1.165, 1.54) is 154 Å². The first-order valence-corrected chi connectivity index (χ1v) is 38.9. The molecule has 0 aliphatic rings. The molecule has 3 N–H and O–H groups in total. The summed E-state index contributed by atoms with van der Waals surface area (Å²) in [6, 6.07) is 0. The molecule has 0 aliphatic heterocycles. The molecule has 88 heavy (non-hydrogen) atoms. The second kappa shape index (κ2) is 60.0. The summed E-state index contributed by atoms with van der Waals surface area (Å²) < 4.78 is 68.2. The molecule has 0 heterocycles. The van der Waals surface area contributed by atoms with Gasteiger partial charge in [-0.2, -0.15) is 0 Å². The van der Waals surface area contributed by atoms with Crippen LogP contribution in [0.5, 0.6) is 0 Å². The van der Waals surface area contributed by atoms with Crippen molar-refractivity contribution in [2.24, 2.45) is 17.8 Å². The van der Waals surface area contributed by atoms with Gasteiger partial charge in [-0.15, -0.1) is 0 Å². The van der Waals surface area contributed by atoms with Crippen LogP contribution in [0.1, 0.15) is 344 Å². The number of esters is 4. The Morgan fingerprint density at radius 3 is 0.864 bits per heavy atom. The van der Waals surface area contributed by atoms with Crippen molar-refractivity contribution in [3.63, 3.8) is 0 Å². The van der Waals surface area contributed by atoms with Crippen molar-refractivity contribution < 1.29 is 80.2 Å². The molecule has 0 aliphatic carbocycles. The molecule has 0 aromatic rings. The molecule has 0 amide bonds. The Hall–Kier alpha value is -1.94. The number of aliphatic hydroxyl groups excluding tert-OH is 1. The number of phosphoric ester groups is 2. The lowest BCUT2D eigenvalue weighted by Crippen LogP contribution is -2.30. The summed E-state index contributed by atoms with van der Waals surface area (Å²) in [6.45, 7) is 11.8. The lowest BCUT2D eigenvalue weighted by atomic mass is 10.00. The average Bonchev–Trinajstić information content (AvgIpc) is 3.42. The molecule has 0 saturated carbocycles. The maximum absolute atomic E-state index is 13.0. The molecule has 17 nitrogen and oxygen atoms in total. The van der Waals surface area contributed by atoms with E-state index < -0.39 is 97.5 Å². The first kappa shape index (κ1) is 86.1. The van der Waals surface area contributed by atoms with E-state index in [1.54, 1.807) is 0 Å². The minimum absolute atomic E-state index is 0.103. The van der Waals surface area contributed by atoms with E-state index in [4.69, 9.17) is 37.0 Å². The van der Waals surface area contributed by atoms with Gasteiger partial charge in [0.25, 0.3) is 0 Å². The van der Waals surface area contributed by atoms with Gasteiger partial charge < -0.3 is 33.8 Å². The van der Waals surface area contributed by atoms with Crippen molar-refractivity contribution in [2.75, 3.05) is 39.6 Å². The summed E-state index contributed by atoms with van der Waals surface area (Å²) in [5, 5.41) is 10.6. The summed E-state index contributed by atoms with van der Waals surface area (Å²) in [6.07, 6.45) is 43.1. The van der Waals surface area contributed by atoms with Gasteiger partial charge in [-0.25, -0.2) is 9.13 Å². The number of carbonyl (C=O) groups excluding carboxylic acids is 4. The first-order valence-electron chi connectivity index (χ1n) is 35.9. The third-order valence-corrected chi connectivity index (χ3v) is 18.1. The Bertz CT molecular complexity index is 1730. The lowest BCUT2D eigenvalue weighted by Gasteiger charge is -2.21. The highest BCUT2D eigenvalue weighted by atomic mass is 31.2. The van der Waals surface area contributed by atoms with Crippen molar-refractivity contribution in [2.45, 2.75) is 362 Å². The maximum atomic E-state index is 13.0. The van der Waals surface area contributed by atoms with Crippen LogP contribution >= 0.6 is 15.6 Å². The van der Waals surface area contributed by atoms with E-state index in [0.29, 0.717) is 25.7 Å². The molecule has 0 bridgehead atoms. The molecule has 0 saturated heterocycles. The molecular weight excluding hydrogens is 1160 g/mol. The molecule has 0 spiro atoms. The zero-order valence-electron chi connectivity index (χ0n) is 57.2. The highest BCUT2D eigenvalue weighted by molar-refractivity contribution is 7.47. The summed E-state index contributed by atoms with van der Waals surface area (Å²) in [7, 11) is -9.90. The monoisotopic (exact) mass is 1300 g/mol. The zero-order chi connectivity index (χ0) is 65.2. The van der Waals surface area contributed by atoms with Gasteiger partial charge in [-0.05, 0) is 43.4 Å². The number of hydrogen-bond acceptors (Lipinski definition) is 15. The van der Waals surface area contributed by atoms with Gasteiger partial charge in [0.05, 0.1) is 26.4 Å². The molecule has 0 fully saturated rings.